The van der Waals surface area contributed by atoms with E-state index in [0.29, 0.717) is 0 Å². The van der Waals surface area contributed by atoms with Crippen LogP contribution in [0, 0.1) is 5.92 Å². The van der Waals surface area contributed by atoms with Gasteiger partial charge >= 0.3 is 0 Å². The third-order valence-electron chi connectivity index (χ3n) is 0.963. The van der Waals surface area contributed by atoms with Gasteiger partial charge in [0.15, 0.2) is 0 Å². The highest BCUT2D eigenvalue weighted by molar-refractivity contribution is 7.79. The highest BCUT2D eigenvalue weighted by Crippen LogP contribution is 1.92. The van der Waals surface area contributed by atoms with Gasteiger partial charge in [0, 0.05) is 18.3 Å². The van der Waals surface area contributed by atoms with Crippen molar-refractivity contribution >= 4 is 11.1 Å². The predicted molar refractivity (Wildman–Crippen MR) is 33.4 cm³/mol. The van der Waals surface area contributed by atoms with Crippen molar-refractivity contribution in [1.82, 2.24) is 0 Å². The third kappa shape index (κ3) is 4.53. The van der Waals surface area contributed by atoms with Gasteiger partial charge in [-0.25, -0.2) is 0 Å². The van der Waals surface area contributed by atoms with Crippen LogP contribution in [0.1, 0.15) is 0 Å². The Hall–Kier alpha value is 0.0300. The van der Waals surface area contributed by atoms with Crippen LogP contribution in [0.4, 0.5) is 0 Å². The van der Waals surface area contributed by atoms with Crippen LogP contribution in [0.25, 0.3) is 0 Å². The topological polar surface area (TPSA) is 86.4 Å². The maximum absolute atomic E-state index is 9.96. The van der Waals surface area contributed by atoms with E-state index in [9.17, 15) is 8.76 Å². The number of aliphatic hydroxyl groups excluding tert-OH is 1. The first kappa shape index (κ1) is 9.03. The first-order valence-corrected chi connectivity index (χ1v) is 3.82. The van der Waals surface area contributed by atoms with Gasteiger partial charge < -0.3 is 15.4 Å². The second-order valence-corrected chi connectivity index (χ2v) is 2.70. The minimum Gasteiger partial charge on any atom is -0.772 e. The fourth-order valence-corrected chi connectivity index (χ4v) is 1.01. The Bertz CT molecular complexity index is 93.8. The van der Waals surface area contributed by atoms with Gasteiger partial charge in [-0.05, 0) is 6.54 Å². The van der Waals surface area contributed by atoms with E-state index in [-0.39, 0.29) is 24.8 Å². The van der Waals surface area contributed by atoms with Crippen LogP contribution in [0.3, 0.4) is 0 Å². The van der Waals surface area contributed by atoms with Gasteiger partial charge in [0.1, 0.15) is 0 Å². The van der Waals surface area contributed by atoms with Gasteiger partial charge in [-0.2, -0.15) is 0 Å². The van der Waals surface area contributed by atoms with Gasteiger partial charge in [-0.1, -0.05) is 11.1 Å². The normalized spacial score (nSPS) is 17.2. The Kier molecular flexibility index (Phi) is 4.88. The largest absolute Gasteiger partial charge is 0.772 e. The number of aliphatic hydroxyl groups is 1. The molecule has 0 amide bonds. The molecule has 0 rings (SSSR count). The van der Waals surface area contributed by atoms with Crippen molar-refractivity contribution in [2.45, 2.75) is 0 Å². The molecule has 0 aliphatic rings. The van der Waals surface area contributed by atoms with E-state index >= 15 is 0 Å². The molecule has 0 fully saturated rings. The van der Waals surface area contributed by atoms with E-state index in [1.54, 1.807) is 0 Å². The summed E-state index contributed by atoms with van der Waals surface area (Å²) in [5.74, 6) is -0.351. The molecular formula is C4H10NO3S-. The number of rotatable bonds is 4. The average molecular weight is 152 g/mol. The van der Waals surface area contributed by atoms with Crippen LogP contribution in [0.15, 0.2) is 0 Å². The van der Waals surface area contributed by atoms with Crippen LogP contribution in [0.5, 0.6) is 0 Å². The molecule has 3 N–H and O–H groups in total. The number of hydrogen-bond acceptors (Lipinski definition) is 4. The van der Waals surface area contributed by atoms with Crippen LogP contribution >= 0.6 is 0 Å². The maximum atomic E-state index is 9.96. The van der Waals surface area contributed by atoms with Crippen molar-refractivity contribution in [3.63, 3.8) is 0 Å². The Morgan fingerprint density at radius 3 is 2.44 bits per heavy atom. The molecule has 5 heteroatoms. The molecule has 0 aliphatic heterocycles. The molecule has 2 atom stereocenters. The summed E-state index contributed by atoms with van der Waals surface area (Å²) in [7, 11) is 0. The summed E-state index contributed by atoms with van der Waals surface area (Å²) in [6, 6.07) is 0. The van der Waals surface area contributed by atoms with Crippen LogP contribution in [-0.4, -0.2) is 32.8 Å². The van der Waals surface area contributed by atoms with Crippen molar-refractivity contribution in [3.8, 4) is 0 Å². The molecule has 0 spiro atoms. The lowest BCUT2D eigenvalue weighted by atomic mass is 10.2. The SMILES string of the molecule is NC[C@H](CO)CS(=O)[O-]. The standard InChI is InChI=1S/C4H11NO3S/c5-1-4(2-6)3-9(7)8/h4,6H,1-3,5H2,(H,7,8)/p-1/t4-/m1/s1. The van der Waals surface area contributed by atoms with Crippen molar-refractivity contribution in [2.75, 3.05) is 18.9 Å². The Balaban J connectivity index is 3.43. The molecule has 0 aromatic carbocycles. The van der Waals surface area contributed by atoms with E-state index < -0.39 is 11.1 Å². The third-order valence-corrected chi connectivity index (χ3v) is 1.71. The molecule has 0 saturated carbocycles. The van der Waals surface area contributed by atoms with Crippen molar-refractivity contribution in [2.24, 2.45) is 11.7 Å². The van der Waals surface area contributed by atoms with Gasteiger partial charge in [0.05, 0.1) is 0 Å². The fourth-order valence-electron chi connectivity index (χ4n) is 0.388. The van der Waals surface area contributed by atoms with Gasteiger partial charge in [-0.3, -0.25) is 4.21 Å². The Labute approximate surface area is 56.3 Å². The van der Waals surface area contributed by atoms with E-state index in [1.807, 2.05) is 0 Å². The molecule has 0 heterocycles. The molecule has 0 radical (unpaired) electrons. The molecule has 0 bridgehead atoms. The van der Waals surface area contributed by atoms with E-state index in [2.05, 4.69) is 0 Å². The highest BCUT2D eigenvalue weighted by atomic mass is 32.2. The zero-order valence-corrected chi connectivity index (χ0v) is 5.76. The van der Waals surface area contributed by atoms with Crippen molar-refractivity contribution in [1.29, 1.82) is 0 Å². The van der Waals surface area contributed by atoms with Crippen molar-refractivity contribution in [3.05, 3.63) is 0 Å². The van der Waals surface area contributed by atoms with Crippen molar-refractivity contribution < 1.29 is 13.9 Å². The number of nitrogens with two attached hydrogens (primary N) is 1. The molecule has 0 saturated heterocycles. The molecule has 0 aliphatic carbocycles. The predicted octanol–water partition coefficient (Wildman–Crippen LogP) is -1.57. The molecule has 0 aromatic heterocycles. The highest BCUT2D eigenvalue weighted by Gasteiger charge is 2.02. The minimum absolute atomic E-state index is 0.0486. The van der Waals surface area contributed by atoms with Crippen LogP contribution < -0.4 is 5.73 Å². The van der Waals surface area contributed by atoms with E-state index in [4.69, 9.17) is 10.8 Å². The summed E-state index contributed by atoms with van der Waals surface area (Å²) in [6.45, 7) is 0.0506. The zero-order chi connectivity index (χ0) is 7.28. The van der Waals surface area contributed by atoms with Gasteiger partial charge in [0.25, 0.3) is 0 Å². The monoisotopic (exact) mass is 152 g/mol. The van der Waals surface area contributed by atoms with E-state index in [1.165, 1.54) is 0 Å². The average Bonchev–Trinajstić information content (AvgIpc) is 1.82. The molecule has 4 nitrogen and oxygen atoms in total. The first-order chi connectivity index (χ1) is 4.20. The minimum atomic E-state index is -2.09. The lowest BCUT2D eigenvalue weighted by Crippen LogP contribution is -2.23. The summed E-state index contributed by atoms with van der Waals surface area (Å²) in [5, 5.41) is 8.42. The molecule has 1 unspecified atom stereocenters. The van der Waals surface area contributed by atoms with Crippen LogP contribution in [0.2, 0.25) is 0 Å². The summed E-state index contributed by atoms with van der Waals surface area (Å²) >= 11 is -2.09. The molecule has 9 heavy (non-hydrogen) atoms. The lowest BCUT2D eigenvalue weighted by molar-refractivity contribution is 0.242. The Morgan fingerprint density at radius 1 is 1.78 bits per heavy atom. The molecule has 0 aromatic rings. The zero-order valence-electron chi connectivity index (χ0n) is 4.95. The first-order valence-electron chi connectivity index (χ1n) is 2.57. The van der Waals surface area contributed by atoms with E-state index in [0.717, 1.165) is 0 Å². The molecule has 56 valence electrons. The quantitative estimate of drug-likeness (QED) is 0.477. The second kappa shape index (κ2) is 4.87. The van der Waals surface area contributed by atoms with Gasteiger partial charge in [-0.15, -0.1) is 0 Å². The van der Waals surface area contributed by atoms with Gasteiger partial charge in [0.2, 0.25) is 0 Å². The fraction of sp³-hybridized carbons (Fsp3) is 1.00. The van der Waals surface area contributed by atoms with Crippen LogP contribution in [-0.2, 0) is 11.1 Å². The second-order valence-electron chi connectivity index (χ2n) is 1.75. The summed E-state index contributed by atoms with van der Waals surface area (Å²) in [6.07, 6.45) is 0. The summed E-state index contributed by atoms with van der Waals surface area (Å²) < 4.78 is 19.9. The Morgan fingerprint density at radius 2 is 2.33 bits per heavy atom. The number of hydrogen-bond donors (Lipinski definition) is 2. The smallest absolute Gasteiger partial charge is 0.0479 e. The summed E-state index contributed by atoms with van der Waals surface area (Å²) in [5.41, 5.74) is 5.10. The molecular weight excluding hydrogens is 142 g/mol. The lowest BCUT2D eigenvalue weighted by Gasteiger charge is -2.12. The summed E-state index contributed by atoms with van der Waals surface area (Å²) in [4.78, 5) is 0. The maximum Gasteiger partial charge on any atom is 0.0479 e.